The molecule has 2 aliphatic rings. The summed E-state index contributed by atoms with van der Waals surface area (Å²) in [5.41, 5.74) is 0.413. The lowest BCUT2D eigenvalue weighted by atomic mass is 9.78. The summed E-state index contributed by atoms with van der Waals surface area (Å²) in [6.07, 6.45) is -0.485. The summed E-state index contributed by atoms with van der Waals surface area (Å²) in [6.45, 7) is -0.357. The lowest BCUT2D eigenvalue weighted by Gasteiger charge is -2.37. The van der Waals surface area contributed by atoms with Crippen LogP contribution < -0.4 is 0 Å². The van der Waals surface area contributed by atoms with Gasteiger partial charge in [-0.25, -0.2) is 17.6 Å². The van der Waals surface area contributed by atoms with Crippen LogP contribution in [-0.4, -0.2) is 19.5 Å². The second-order valence-corrected chi connectivity index (χ2v) is 6.75. The van der Waals surface area contributed by atoms with Crippen LogP contribution >= 0.6 is 0 Å². The van der Waals surface area contributed by atoms with Gasteiger partial charge in [0.25, 0.3) is 0 Å². The highest BCUT2D eigenvalue weighted by Crippen LogP contribution is 2.40. The molecule has 1 saturated carbocycles. The maximum absolute atomic E-state index is 13.4. The van der Waals surface area contributed by atoms with Crippen LogP contribution in [0.1, 0.15) is 37.2 Å². The lowest BCUT2D eigenvalue weighted by Crippen LogP contribution is -2.38. The molecule has 0 unspecified atom stereocenters. The molecule has 0 amide bonds. The fraction of sp³-hybridized carbons (Fsp3) is 0.556. The third-order valence-electron chi connectivity index (χ3n) is 5.10. The van der Waals surface area contributed by atoms with E-state index in [1.54, 1.807) is 0 Å². The maximum atomic E-state index is 13.4. The Kier molecular flexibility index (Phi) is 5.92. The van der Waals surface area contributed by atoms with Crippen molar-refractivity contribution in [3.63, 3.8) is 0 Å². The van der Waals surface area contributed by atoms with Crippen LogP contribution in [0.15, 0.2) is 24.0 Å². The SMILES string of the molecule is FC(F)=C(F)C1COC(C2CCC(c3cc(F)c(F)c(F)c3)CC2)OC1. The average molecular weight is 380 g/mol. The lowest BCUT2D eigenvalue weighted by molar-refractivity contribution is -0.225. The summed E-state index contributed by atoms with van der Waals surface area (Å²) in [6, 6.07) is 2.03. The van der Waals surface area contributed by atoms with Crippen LogP contribution in [0.25, 0.3) is 0 Å². The molecule has 0 atom stereocenters. The van der Waals surface area contributed by atoms with Gasteiger partial charge in [-0.05, 0) is 49.3 Å². The molecule has 1 aromatic rings. The molecule has 0 spiro atoms. The normalized spacial score (nSPS) is 29.5. The van der Waals surface area contributed by atoms with E-state index in [0.29, 0.717) is 31.2 Å². The molecule has 2 fully saturated rings. The highest BCUT2D eigenvalue weighted by atomic mass is 19.3. The molecule has 3 rings (SSSR count). The van der Waals surface area contributed by atoms with Crippen molar-refractivity contribution in [3.05, 3.63) is 47.1 Å². The standard InChI is InChI=1S/C18H18F6O2/c19-13-5-11(6-14(20)16(13)22)9-1-3-10(4-2-9)18-25-7-12(8-26-18)15(21)17(23)24/h5-6,9-10,12,18H,1-4,7-8H2. The molecule has 0 radical (unpaired) electrons. The number of benzene rings is 1. The number of halogens is 6. The number of ether oxygens (including phenoxy) is 2. The molecule has 26 heavy (non-hydrogen) atoms. The van der Waals surface area contributed by atoms with E-state index in [0.717, 1.165) is 12.1 Å². The Hall–Kier alpha value is -1.54. The first-order valence-corrected chi connectivity index (χ1v) is 8.45. The van der Waals surface area contributed by atoms with Crippen molar-refractivity contribution < 1.29 is 35.8 Å². The van der Waals surface area contributed by atoms with Gasteiger partial charge in [0.1, 0.15) is 0 Å². The monoisotopic (exact) mass is 380 g/mol. The zero-order chi connectivity index (χ0) is 18.8. The number of hydrogen-bond donors (Lipinski definition) is 0. The van der Waals surface area contributed by atoms with Gasteiger partial charge in [-0.1, -0.05) is 0 Å². The molecule has 2 nitrogen and oxygen atoms in total. The van der Waals surface area contributed by atoms with Gasteiger partial charge < -0.3 is 9.47 Å². The summed E-state index contributed by atoms with van der Waals surface area (Å²) in [7, 11) is 0. The van der Waals surface area contributed by atoms with E-state index in [2.05, 4.69) is 0 Å². The number of rotatable bonds is 3. The Labute approximate surface area is 146 Å². The summed E-state index contributed by atoms with van der Waals surface area (Å²) in [4.78, 5) is 0. The largest absolute Gasteiger partial charge is 0.352 e. The van der Waals surface area contributed by atoms with Gasteiger partial charge in [0.15, 0.2) is 29.6 Å². The van der Waals surface area contributed by atoms with Crippen molar-refractivity contribution >= 4 is 0 Å². The minimum atomic E-state index is -2.36. The van der Waals surface area contributed by atoms with Crippen LogP contribution in [0.4, 0.5) is 26.3 Å². The highest BCUT2D eigenvalue weighted by Gasteiger charge is 2.35. The summed E-state index contributed by atoms with van der Waals surface area (Å²) < 4.78 is 88.3. The molecule has 1 aromatic carbocycles. The smallest absolute Gasteiger partial charge is 0.301 e. The Bertz CT molecular complexity index is 649. The van der Waals surface area contributed by atoms with Gasteiger partial charge in [-0.3, -0.25) is 0 Å². The van der Waals surface area contributed by atoms with E-state index in [9.17, 15) is 26.3 Å². The summed E-state index contributed by atoms with van der Waals surface area (Å²) in [5.74, 6) is -6.61. The zero-order valence-electron chi connectivity index (χ0n) is 13.8. The molecule has 144 valence electrons. The van der Waals surface area contributed by atoms with Crippen molar-refractivity contribution in [3.8, 4) is 0 Å². The highest BCUT2D eigenvalue weighted by molar-refractivity contribution is 5.23. The third kappa shape index (κ3) is 4.06. The first kappa shape index (κ1) is 19.2. The van der Waals surface area contributed by atoms with E-state index in [1.807, 2.05) is 0 Å². The Morgan fingerprint density at radius 1 is 0.846 bits per heavy atom. The van der Waals surface area contributed by atoms with Gasteiger partial charge in [0, 0.05) is 5.92 Å². The van der Waals surface area contributed by atoms with Crippen molar-refractivity contribution in [1.82, 2.24) is 0 Å². The maximum Gasteiger partial charge on any atom is 0.301 e. The van der Waals surface area contributed by atoms with Crippen molar-refractivity contribution in [1.29, 1.82) is 0 Å². The first-order valence-electron chi connectivity index (χ1n) is 8.45. The molecule has 0 N–H and O–H groups in total. The van der Waals surface area contributed by atoms with Crippen molar-refractivity contribution in [2.75, 3.05) is 13.2 Å². The van der Waals surface area contributed by atoms with Gasteiger partial charge >= 0.3 is 6.08 Å². The molecule has 0 aromatic heterocycles. The van der Waals surface area contributed by atoms with Crippen molar-refractivity contribution in [2.45, 2.75) is 37.9 Å². The van der Waals surface area contributed by atoms with Gasteiger partial charge in [0.2, 0.25) is 0 Å². The quantitative estimate of drug-likeness (QED) is 0.513. The topological polar surface area (TPSA) is 18.5 Å². The van der Waals surface area contributed by atoms with Gasteiger partial charge in [0.05, 0.1) is 19.1 Å². The molecule has 1 saturated heterocycles. The molecule has 8 heteroatoms. The fourth-order valence-electron chi connectivity index (χ4n) is 3.63. The van der Waals surface area contributed by atoms with Crippen LogP contribution in [0.3, 0.4) is 0 Å². The van der Waals surface area contributed by atoms with E-state index in [1.165, 1.54) is 0 Å². The minimum Gasteiger partial charge on any atom is -0.352 e. The Balaban J connectivity index is 1.54. The second-order valence-electron chi connectivity index (χ2n) is 6.75. The summed E-state index contributed by atoms with van der Waals surface area (Å²) in [5, 5.41) is 0. The predicted octanol–water partition coefficient (Wildman–Crippen LogP) is 5.44. The molecule has 1 heterocycles. The third-order valence-corrected chi connectivity index (χ3v) is 5.10. The van der Waals surface area contributed by atoms with Crippen LogP contribution in [0.5, 0.6) is 0 Å². The predicted molar refractivity (Wildman–Crippen MR) is 80.5 cm³/mol. The van der Waals surface area contributed by atoms with Gasteiger partial charge in [-0.2, -0.15) is 8.78 Å². The Morgan fingerprint density at radius 2 is 1.38 bits per heavy atom. The summed E-state index contributed by atoms with van der Waals surface area (Å²) >= 11 is 0. The zero-order valence-corrected chi connectivity index (χ0v) is 13.8. The molecule has 0 bridgehead atoms. The van der Waals surface area contributed by atoms with Crippen molar-refractivity contribution in [2.24, 2.45) is 11.8 Å². The van der Waals surface area contributed by atoms with E-state index in [4.69, 9.17) is 9.47 Å². The van der Waals surface area contributed by atoms with Crippen LogP contribution in [-0.2, 0) is 9.47 Å². The second kappa shape index (κ2) is 8.00. The molecule has 1 aliphatic heterocycles. The van der Waals surface area contributed by atoms with Gasteiger partial charge in [-0.15, -0.1) is 0 Å². The van der Waals surface area contributed by atoms with E-state index < -0.39 is 41.6 Å². The fourth-order valence-corrected chi connectivity index (χ4v) is 3.63. The van der Waals surface area contributed by atoms with Crippen LogP contribution in [0, 0.1) is 29.3 Å². The minimum absolute atomic E-state index is 0.00962. The Morgan fingerprint density at radius 3 is 1.88 bits per heavy atom. The average Bonchev–Trinajstić information content (AvgIpc) is 2.65. The molecular weight excluding hydrogens is 362 g/mol. The molecular formula is C18H18F6O2. The molecule has 1 aliphatic carbocycles. The van der Waals surface area contributed by atoms with Crippen LogP contribution in [0.2, 0.25) is 0 Å². The van der Waals surface area contributed by atoms with E-state index in [-0.39, 0.29) is 25.0 Å². The number of hydrogen-bond acceptors (Lipinski definition) is 2. The first-order chi connectivity index (χ1) is 12.4. The van der Waals surface area contributed by atoms with E-state index >= 15 is 0 Å².